The molecule has 0 aliphatic heterocycles. The number of rotatable bonds is 9. The maximum Gasteiger partial charge on any atom is 0.247 e. The van der Waals surface area contributed by atoms with Crippen LogP contribution in [0.1, 0.15) is 46.5 Å². The lowest BCUT2D eigenvalue weighted by Gasteiger charge is -2.39. The van der Waals surface area contributed by atoms with E-state index < -0.39 is 25.2 Å². The Morgan fingerprint density at radius 2 is 1.81 bits per heavy atom. The van der Waals surface area contributed by atoms with Crippen LogP contribution in [0, 0.1) is 0 Å². The quantitative estimate of drug-likeness (QED) is 0.295. The van der Waals surface area contributed by atoms with Crippen LogP contribution in [0.2, 0.25) is 0 Å². The largest absolute Gasteiger partial charge is 0.384 e. The van der Waals surface area contributed by atoms with Crippen molar-refractivity contribution in [2.75, 3.05) is 20.4 Å². The second kappa shape index (κ2) is 8.89. The molecule has 0 aromatic rings. The van der Waals surface area contributed by atoms with E-state index in [9.17, 15) is 19.7 Å². The highest BCUT2D eigenvalue weighted by Gasteiger charge is 2.34. The van der Waals surface area contributed by atoms with Crippen molar-refractivity contribution in [3.63, 3.8) is 0 Å². The zero-order valence-electron chi connectivity index (χ0n) is 14.1. The SMILES string of the molecule is CCCCC(=O)N(O)C(CC)N(C)C(C)C(O)P(C)(C)=O. The van der Waals surface area contributed by atoms with Gasteiger partial charge in [-0.15, -0.1) is 0 Å². The first kappa shape index (κ1) is 20.6. The molecule has 0 aliphatic rings. The Labute approximate surface area is 128 Å². The molecule has 0 saturated heterocycles. The van der Waals surface area contributed by atoms with Gasteiger partial charge in [-0.1, -0.05) is 20.3 Å². The average Bonchev–Trinajstić information content (AvgIpc) is 2.42. The van der Waals surface area contributed by atoms with Crippen LogP contribution < -0.4 is 0 Å². The van der Waals surface area contributed by atoms with E-state index >= 15 is 0 Å². The zero-order chi connectivity index (χ0) is 16.8. The van der Waals surface area contributed by atoms with Gasteiger partial charge in [0.1, 0.15) is 19.2 Å². The fourth-order valence-electron chi connectivity index (χ4n) is 2.24. The molecular weight excluding hydrogens is 291 g/mol. The van der Waals surface area contributed by atoms with Gasteiger partial charge >= 0.3 is 0 Å². The molecular formula is C14H31N2O4P. The Kier molecular flexibility index (Phi) is 8.71. The van der Waals surface area contributed by atoms with Gasteiger partial charge in [0.15, 0.2) is 0 Å². The topological polar surface area (TPSA) is 81.1 Å². The van der Waals surface area contributed by atoms with Gasteiger partial charge in [0, 0.05) is 12.5 Å². The number of likely N-dealkylation sites (N-methyl/N-ethyl adjacent to an activating group) is 1. The molecule has 21 heavy (non-hydrogen) atoms. The molecule has 0 aromatic carbocycles. The second-order valence-corrected chi connectivity index (χ2v) is 9.38. The molecule has 0 spiro atoms. The van der Waals surface area contributed by atoms with Gasteiger partial charge in [-0.25, -0.2) is 5.06 Å². The number of hydrogen-bond acceptors (Lipinski definition) is 5. The Bertz CT molecular complexity index is 372. The summed E-state index contributed by atoms with van der Waals surface area (Å²) in [4.78, 5) is 13.6. The first-order valence-corrected chi connectivity index (χ1v) is 10.2. The summed E-state index contributed by atoms with van der Waals surface area (Å²) < 4.78 is 12.0. The Hall–Kier alpha value is -0.420. The van der Waals surface area contributed by atoms with Gasteiger partial charge in [-0.2, -0.15) is 0 Å². The van der Waals surface area contributed by atoms with E-state index in [1.807, 2.05) is 13.8 Å². The summed E-state index contributed by atoms with van der Waals surface area (Å²) in [5.41, 5.74) is 0. The molecule has 0 aromatic heterocycles. The standard InChI is InChI=1S/C14H31N2O4P/c1-7-9-10-13(17)16(19)12(8-2)15(4)11(3)14(18)21(5,6)20/h11-12,14,18-19H,7-10H2,1-6H3. The molecule has 2 N–H and O–H groups in total. The van der Waals surface area contributed by atoms with Crippen molar-refractivity contribution in [2.24, 2.45) is 0 Å². The molecule has 0 fully saturated rings. The molecule has 0 heterocycles. The zero-order valence-corrected chi connectivity index (χ0v) is 15.0. The molecule has 7 heteroatoms. The van der Waals surface area contributed by atoms with Crippen molar-refractivity contribution in [2.45, 2.75) is 64.5 Å². The van der Waals surface area contributed by atoms with E-state index in [1.54, 1.807) is 18.9 Å². The van der Waals surface area contributed by atoms with Gasteiger partial charge < -0.3 is 9.67 Å². The number of unbranched alkanes of at least 4 members (excludes halogenated alkanes) is 1. The molecule has 3 atom stereocenters. The molecule has 0 rings (SSSR count). The summed E-state index contributed by atoms with van der Waals surface area (Å²) >= 11 is 0. The van der Waals surface area contributed by atoms with Gasteiger partial charge in [0.05, 0.1) is 0 Å². The van der Waals surface area contributed by atoms with Crippen molar-refractivity contribution in [3.05, 3.63) is 0 Å². The van der Waals surface area contributed by atoms with E-state index in [-0.39, 0.29) is 5.91 Å². The van der Waals surface area contributed by atoms with Crippen LogP contribution in [0.5, 0.6) is 0 Å². The number of hydroxylamine groups is 2. The third-order valence-corrected chi connectivity index (χ3v) is 5.53. The fourth-order valence-corrected chi connectivity index (χ4v) is 3.49. The minimum atomic E-state index is -2.66. The van der Waals surface area contributed by atoms with Crippen LogP contribution in [0.3, 0.4) is 0 Å². The highest BCUT2D eigenvalue weighted by Crippen LogP contribution is 2.43. The van der Waals surface area contributed by atoms with Crippen LogP contribution >= 0.6 is 7.14 Å². The van der Waals surface area contributed by atoms with Crippen molar-refractivity contribution in [1.29, 1.82) is 0 Å². The highest BCUT2D eigenvalue weighted by molar-refractivity contribution is 7.62. The molecule has 3 unspecified atom stereocenters. The number of carbonyl (C=O) groups excluding carboxylic acids is 1. The maximum absolute atomic E-state index is 12.0. The lowest BCUT2D eigenvalue weighted by Crippen LogP contribution is -2.53. The fraction of sp³-hybridized carbons (Fsp3) is 0.929. The highest BCUT2D eigenvalue weighted by atomic mass is 31.2. The lowest BCUT2D eigenvalue weighted by molar-refractivity contribution is -0.196. The van der Waals surface area contributed by atoms with Gasteiger partial charge in [0.25, 0.3) is 0 Å². The van der Waals surface area contributed by atoms with Crippen molar-refractivity contribution in [1.82, 2.24) is 9.96 Å². The molecule has 0 aliphatic carbocycles. The summed E-state index contributed by atoms with van der Waals surface area (Å²) in [6.07, 6.45) is 1.89. The third kappa shape index (κ3) is 6.07. The number of aliphatic hydroxyl groups excluding tert-OH is 1. The molecule has 6 nitrogen and oxygen atoms in total. The Balaban J connectivity index is 4.93. The molecule has 126 valence electrons. The normalized spacial score (nSPS) is 16.6. The summed E-state index contributed by atoms with van der Waals surface area (Å²) in [6.45, 7) is 8.65. The first-order valence-electron chi connectivity index (χ1n) is 7.53. The predicted molar refractivity (Wildman–Crippen MR) is 84.9 cm³/mol. The Morgan fingerprint density at radius 3 is 2.19 bits per heavy atom. The number of hydrogen-bond donors (Lipinski definition) is 2. The summed E-state index contributed by atoms with van der Waals surface area (Å²) in [5, 5.41) is 21.0. The molecule has 1 amide bonds. The third-order valence-electron chi connectivity index (χ3n) is 3.83. The van der Waals surface area contributed by atoms with Gasteiger partial charge in [0.2, 0.25) is 5.91 Å². The van der Waals surface area contributed by atoms with Gasteiger partial charge in [-0.05, 0) is 40.1 Å². The predicted octanol–water partition coefficient (Wildman–Crippen LogP) is 2.39. The molecule has 0 radical (unpaired) electrons. The summed E-state index contributed by atoms with van der Waals surface area (Å²) in [6, 6.07) is -0.426. The van der Waals surface area contributed by atoms with E-state index in [2.05, 4.69) is 0 Å². The van der Waals surface area contributed by atoms with Crippen LogP contribution in [-0.2, 0) is 9.36 Å². The number of nitrogens with zero attached hydrogens (tertiary/aromatic N) is 2. The molecule has 0 bridgehead atoms. The number of carbonyl (C=O) groups is 1. The van der Waals surface area contributed by atoms with E-state index in [0.717, 1.165) is 17.9 Å². The molecule has 0 saturated carbocycles. The summed E-state index contributed by atoms with van der Waals surface area (Å²) in [7, 11) is -0.943. The van der Waals surface area contributed by atoms with Crippen LogP contribution in [0.4, 0.5) is 0 Å². The van der Waals surface area contributed by atoms with Crippen molar-refractivity contribution < 1.29 is 19.7 Å². The Morgan fingerprint density at radius 1 is 1.29 bits per heavy atom. The van der Waals surface area contributed by atoms with E-state index in [0.29, 0.717) is 12.8 Å². The minimum Gasteiger partial charge on any atom is -0.384 e. The maximum atomic E-state index is 12.0. The van der Waals surface area contributed by atoms with E-state index in [4.69, 9.17) is 0 Å². The van der Waals surface area contributed by atoms with Crippen LogP contribution in [0.15, 0.2) is 0 Å². The first-order chi connectivity index (χ1) is 9.57. The summed E-state index contributed by atoms with van der Waals surface area (Å²) in [5.74, 6) is -1.32. The average molecular weight is 322 g/mol. The van der Waals surface area contributed by atoms with Crippen LogP contribution in [0.25, 0.3) is 0 Å². The number of aliphatic hydroxyl groups is 1. The van der Waals surface area contributed by atoms with Crippen molar-refractivity contribution in [3.8, 4) is 0 Å². The number of amides is 1. The monoisotopic (exact) mass is 322 g/mol. The van der Waals surface area contributed by atoms with Crippen LogP contribution in [-0.4, -0.2) is 64.6 Å². The van der Waals surface area contributed by atoms with Gasteiger partial charge in [-0.3, -0.25) is 14.9 Å². The second-order valence-electron chi connectivity index (χ2n) is 5.98. The van der Waals surface area contributed by atoms with E-state index in [1.165, 1.54) is 13.3 Å². The minimum absolute atomic E-state index is 0.300. The smallest absolute Gasteiger partial charge is 0.247 e. The lowest BCUT2D eigenvalue weighted by atomic mass is 10.2. The van der Waals surface area contributed by atoms with Crippen molar-refractivity contribution >= 4 is 13.0 Å².